The summed E-state index contributed by atoms with van der Waals surface area (Å²) in [5, 5.41) is 3.19. The van der Waals surface area contributed by atoms with Gasteiger partial charge in [-0.3, -0.25) is 0 Å². The number of nitrogens with zero attached hydrogens (tertiary/aromatic N) is 1. The highest BCUT2D eigenvalue weighted by Gasteiger charge is 2.14. The lowest BCUT2D eigenvalue weighted by Crippen LogP contribution is -2.25. The van der Waals surface area contributed by atoms with Crippen LogP contribution < -0.4 is 5.32 Å². The Labute approximate surface area is 119 Å². The molecule has 1 atom stereocenters. The lowest BCUT2D eigenvalue weighted by Gasteiger charge is -2.21. The number of hydrogen-bond acceptors (Lipinski definition) is 3. The average molecular weight is 276 g/mol. The van der Waals surface area contributed by atoms with E-state index in [0.29, 0.717) is 0 Å². The SMILES string of the molecule is CNC(CCN(C)Cc1ccoc1)c1ccccc1F. The number of rotatable bonds is 7. The van der Waals surface area contributed by atoms with E-state index in [0.717, 1.165) is 30.6 Å². The molecule has 108 valence electrons. The smallest absolute Gasteiger partial charge is 0.127 e. The van der Waals surface area contributed by atoms with E-state index >= 15 is 0 Å². The molecule has 1 aromatic carbocycles. The van der Waals surface area contributed by atoms with E-state index in [4.69, 9.17) is 4.42 Å². The Kier molecular flexibility index (Phi) is 5.32. The van der Waals surface area contributed by atoms with E-state index in [1.807, 2.05) is 25.2 Å². The zero-order chi connectivity index (χ0) is 14.4. The Bertz CT molecular complexity index is 513. The third-order valence-corrected chi connectivity index (χ3v) is 3.46. The van der Waals surface area contributed by atoms with E-state index in [2.05, 4.69) is 17.3 Å². The minimum atomic E-state index is -0.149. The van der Waals surface area contributed by atoms with Gasteiger partial charge in [0, 0.05) is 23.7 Å². The van der Waals surface area contributed by atoms with Crippen molar-refractivity contribution in [2.75, 3.05) is 20.6 Å². The number of halogens is 1. The van der Waals surface area contributed by atoms with Gasteiger partial charge in [0.05, 0.1) is 12.5 Å². The molecule has 0 bridgehead atoms. The third-order valence-electron chi connectivity index (χ3n) is 3.46. The van der Waals surface area contributed by atoms with Gasteiger partial charge < -0.3 is 14.6 Å². The fraction of sp³-hybridized carbons (Fsp3) is 0.375. The molecule has 0 amide bonds. The summed E-state index contributed by atoms with van der Waals surface area (Å²) in [6, 6.07) is 8.93. The van der Waals surface area contributed by atoms with E-state index in [9.17, 15) is 4.39 Å². The maximum atomic E-state index is 13.8. The van der Waals surface area contributed by atoms with Crippen molar-refractivity contribution in [3.8, 4) is 0 Å². The van der Waals surface area contributed by atoms with E-state index in [-0.39, 0.29) is 11.9 Å². The van der Waals surface area contributed by atoms with Gasteiger partial charge in [-0.25, -0.2) is 4.39 Å². The largest absolute Gasteiger partial charge is 0.472 e. The lowest BCUT2D eigenvalue weighted by atomic mass is 10.0. The Morgan fingerprint density at radius 1 is 1.30 bits per heavy atom. The van der Waals surface area contributed by atoms with Crippen molar-refractivity contribution >= 4 is 0 Å². The highest BCUT2D eigenvalue weighted by atomic mass is 19.1. The predicted molar refractivity (Wildman–Crippen MR) is 77.9 cm³/mol. The van der Waals surface area contributed by atoms with Crippen LogP contribution in [0.15, 0.2) is 47.3 Å². The number of hydrogen-bond donors (Lipinski definition) is 1. The topological polar surface area (TPSA) is 28.4 Å². The molecule has 20 heavy (non-hydrogen) atoms. The first kappa shape index (κ1) is 14.8. The van der Waals surface area contributed by atoms with Crippen LogP contribution in [0.5, 0.6) is 0 Å². The van der Waals surface area contributed by atoms with Gasteiger partial charge in [-0.05, 0) is 39.2 Å². The van der Waals surface area contributed by atoms with Crippen molar-refractivity contribution in [1.82, 2.24) is 10.2 Å². The minimum Gasteiger partial charge on any atom is -0.472 e. The second-order valence-corrected chi connectivity index (χ2v) is 5.02. The summed E-state index contributed by atoms with van der Waals surface area (Å²) in [5.41, 5.74) is 1.88. The standard InChI is InChI=1S/C16H21FN2O/c1-18-16(14-5-3-4-6-15(14)17)7-9-19(2)11-13-8-10-20-12-13/h3-6,8,10,12,16,18H,7,9,11H2,1-2H3. The fourth-order valence-corrected chi connectivity index (χ4v) is 2.34. The Hall–Kier alpha value is -1.65. The number of benzene rings is 1. The van der Waals surface area contributed by atoms with Crippen molar-refractivity contribution < 1.29 is 8.81 Å². The van der Waals surface area contributed by atoms with Gasteiger partial charge in [-0.1, -0.05) is 18.2 Å². The Balaban J connectivity index is 1.89. The highest BCUT2D eigenvalue weighted by molar-refractivity contribution is 5.21. The first-order chi connectivity index (χ1) is 9.70. The molecule has 4 heteroatoms. The quantitative estimate of drug-likeness (QED) is 0.842. The molecule has 1 heterocycles. The number of furan rings is 1. The molecule has 1 aromatic heterocycles. The monoisotopic (exact) mass is 276 g/mol. The average Bonchev–Trinajstić information content (AvgIpc) is 2.94. The van der Waals surface area contributed by atoms with Crippen molar-refractivity contribution in [3.63, 3.8) is 0 Å². The molecule has 2 rings (SSSR count). The molecule has 0 saturated carbocycles. The van der Waals surface area contributed by atoms with Crippen molar-refractivity contribution in [1.29, 1.82) is 0 Å². The summed E-state index contributed by atoms with van der Waals surface area (Å²) in [4.78, 5) is 2.20. The van der Waals surface area contributed by atoms with Gasteiger partial charge >= 0.3 is 0 Å². The van der Waals surface area contributed by atoms with Crippen molar-refractivity contribution in [2.24, 2.45) is 0 Å². The van der Waals surface area contributed by atoms with Gasteiger partial charge in [-0.2, -0.15) is 0 Å². The van der Waals surface area contributed by atoms with Crippen LogP contribution in [0.3, 0.4) is 0 Å². The fourth-order valence-electron chi connectivity index (χ4n) is 2.34. The molecular formula is C16H21FN2O. The Morgan fingerprint density at radius 2 is 2.10 bits per heavy atom. The maximum absolute atomic E-state index is 13.8. The summed E-state index contributed by atoms with van der Waals surface area (Å²) in [7, 11) is 3.92. The van der Waals surface area contributed by atoms with Gasteiger partial charge in [0.15, 0.2) is 0 Å². The maximum Gasteiger partial charge on any atom is 0.127 e. The minimum absolute atomic E-state index is 0.0306. The zero-order valence-electron chi connectivity index (χ0n) is 12.0. The van der Waals surface area contributed by atoms with Crippen molar-refractivity contribution in [3.05, 3.63) is 59.8 Å². The van der Waals surface area contributed by atoms with Crippen LogP contribution in [0.2, 0.25) is 0 Å². The lowest BCUT2D eigenvalue weighted by molar-refractivity contribution is 0.301. The molecule has 0 aliphatic carbocycles. The zero-order valence-corrected chi connectivity index (χ0v) is 12.0. The second kappa shape index (κ2) is 7.22. The summed E-state index contributed by atoms with van der Waals surface area (Å²) in [6.07, 6.45) is 4.29. The van der Waals surface area contributed by atoms with Crippen LogP contribution in [-0.2, 0) is 6.54 Å². The molecule has 1 unspecified atom stereocenters. The second-order valence-electron chi connectivity index (χ2n) is 5.02. The third kappa shape index (κ3) is 3.92. The first-order valence-electron chi connectivity index (χ1n) is 6.82. The van der Waals surface area contributed by atoms with Gasteiger partial charge in [0.25, 0.3) is 0 Å². The molecule has 0 fully saturated rings. The number of nitrogens with one attached hydrogen (secondary N) is 1. The summed E-state index contributed by atoms with van der Waals surface area (Å²) >= 11 is 0. The highest BCUT2D eigenvalue weighted by Crippen LogP contribution is 2.20. The van der Waals surface area contributed by atoms with Crippen LogP contribution >= 0.6 is 0 Å². The van der Waals surface area contributed by atoms with Crippen molar-refractivity contribution in [2.45, 2.75) is 19.0 Å². The molecule has 1 N–H and O–H groups in total. The predicted octanol–water partition coefficient (Wildman–Crippen LogP) is 3.20. The van der Waals surface area contributed by atoms with E-state index < -0.39 is 0 Å². The van der Waals surface area contributed by atoms with E-state index in [1.165, 1.54) is 6.07 Å². The first-order valence-corrected chi connectivity index (χ1v) is 6.82. The molecule has 0 aliphatic rings. The molecule has 3 nitrogen and oxygen atoms in total. The van der Waals surface area contributed by atoms with Crippen LogP contribution in [0.1, 0.15) is 23.6 Å². The van der Waals surface area contributed by atoms with Gasteiger partial charge in [-0.15, -0.1) is 0 Å². The Morgan fingerprint density at radius 3 is 2.75 bits per heavy atom. The summed E-state index contributed by atoms with van der Waals surface area (Å²) in [5.74, 6) is -0.149. The molecule has 2 aromatic rings. The molecular weight excluding hydrogens is 255 g/mol. The van der Waals surface area contributed by atoms with Crippen LogP contribution in [0, 0.1) is 5.82 Å². The molecule has 0 aliphatic heterocycles. The summed E-state index contributed by atoms with van der Waals surface area (Å²) in [6.45, 7) is 1.72. The van der Waals surface area contributed by atoms with Crippen LogP contribution in [0.4, 0.5) is 4.39 Å². The van der Waals surface area contributed by atoms with Crippen LogP contribution in [-0.4, -0.2) is 25.5 Å². The van der Waals surface area contributed by atoms with Gasteiger partial charge in [0.1, 0.15) is 5.82 Å². The summed E-state index contributed by atoms with van der Waals surface area (Å²) < 4.78 is 18.8. The molecule has 0 spiro atoms. The normalized spacial score (nSPS) is 12.8. The van der Waals surface area contributed by atoms with Gasteiger partial charge in [0.2, 0.25) is 0 Å². The molecule has 0 saturated heterocycles. The molecule has 0 radical (unpaired) electrons. The van der Waals surface area contributed by atoms with Crippen LogP contribution in [0.25, 0.3) is 0 Å². The van der Waals surface area contributed by atoms with E-state index in [1.54, 1.807) is 18.6 Å².